The molecule has 0 spiro atoms. The third-order valence-corrected chi connectivity index (χ3v) is 2.27. The number of oxime groups is 1. The molecular formula is C9H12N4O4S. The maximum absolute atomic E-state index is 11.6. The molecule has 1 heterocycles. The molecule has 0 radical (unpaired) electrons. The van der Waals surface area contributed by atoms with Crippen LogP contribution < -0.4 is 11.5 Å². The van der Waals surface area contributed by atoms with Gasteiger partial charge >= 0.3 is 5.97 Å². The average Bonchev–Trinajstić information content (AvgIpc) is 2.71. The molecule has 9 heteroatoms. The van der Waals surface area contributed by atoms with Crippen molar-refractivity contribution in [3.8, 4) is 0 Å². The quantitative estimate of drug-likeness (QED) is 0.407. The first kappa shape index (κ1) is 13.9. The van der Waals surface area contributed by atoms with Crippen LogP contribution in [0.1, 0.15) is 12.6 Å². The van der Waals surface area contributed by atoms with Crippen LogP contribution >= 0.6 is 11.3 Å². The molecule has 1 amide bonds. The Morgan fingerprint density at radius 1 is 1.56 bits per heavy atom. The summed E-state index contributed by atoms with van der Waals surface area (Å²) in [5.74, 6) is -1.42. The number of hydrogen-bond acceptors (Lipinski definition) is 8. The van der Waals surface area contributed by atoms with Crippen LogP contribution in [0.5, 0.6) is 0 Å². The molecule has 1 rings (SSSR count). The van der Waals surface area contributed by atoms with Crippen molar-refractivity contribution in [3.63, 3.8) is 0 Å². The molecule has 0 bridgehead atoms. The number of carbonyl (C=O) groups is 2. The molecule has 18 heavy (non-hydrogen) atoms. The van der Waals surface area contributed by atoms with E-state index in [0.717, 1.165) is 11.3 Å². The van der Waals surface area contributed by atoms with Crippen LogP contribution in [0.2, 0.25) is 0 Å². The second-order valence-corrected chi connectivity index (χ2v) is 3.86. The van der Waals surface area contributed by atoms with Gasteiger partial charge in [-0.25, -0.2) is 9.78 Å². The van der Waals surface area contributed by atoms with Crippen molar-refractivity contribution in [1.29, 1.82) is 0 Å². The largest absolute Gasteiger partial charge is 0.461 e. The maximum Gasteiger partial charge on any atom is 0.362 e. The molecule has 0 fully saturated rings. The first-order chi connectivity index (χ1) is 8.54. The summed E-state index contributed by atoms with van der Waals surface area (Å²) < 4.78 is 4.78. The summed E-state index contributed by atoms with van der Waals surface area (Å²) >= 11 is 1.14. The third kappa shape index (κ3) is 4.01. The second kappa shape index (κ2) is 6.55. The minimum Gasteiger partial charge on any atom is -0.461 e. The van der Waals surface area contributed by atoms with Gasteiger partial charge < -0.3 is 21.0 Å². The summed E-state index contributed by atoms with van der Waals surface area (Å²) in [5, 5.41) is 5.30. The molecule has 1 aromatic heterocycles. The van der Waals surface area contributed by atoms with Gasteiger partial charge in [0.05, 0.1) is 6.61 Å². The van der Waals surface area contributed by atoms with E-state index in [1.165, 1.54) is 5.38 Å². The normalized spacial score (nSPS) is 11.1. The second-order valence-electron chi connectivity index (χ2n) is 2.97. The van der Waals surface area contributed by atoms with Crippen molar-refractivity contribution in [1.82, 2.24) is 4.98 Å². The van der Waals surface area contributed by atoms with Gasteiger partial charge in [-0.2, -0.15) is 0 Å². The van der Waals surface area contributed by atoms with Crippen LogP contribution in [0.3, 0.4) is 0 Å². The van der Waals surface area contributed by atoms with Crippen molar-refractivity contribution >= 4 is 34.1 Å². The van der Waals surface area contributed by atoms with E-state index >= 15 is 0 Å². The van der Waals surface area contributed by atoms with Crippen molar-refractivity contribution in [2.45, 2.75) is 6.92 Å². The van der Waals surface area contributed by atoms with E-state index < -0.39 is 18.5 Å². The van der Waals surface area contributed by atoms with Gasteiger partial charge in [-0.15, -0.1) is 11.3 Å². The molecule has 1 aromatic rings. The number of nitrogens with zero attached hydrogens (tertiary/aromatic N) is 2. The summed E-state index contributed by atoms with van der Waals surface area (Å²) in [5.41, 5.74) is 10.4. The van der Waals surface area contributed by atoms with Crippen molar-refractivity contribution in [2.24, 2.45) is 10.9 Å². The number of esters is 1. The predicted molar refractivity (Wildman–Crippen MR) is 64.8 cm³/mol. The number of hydrogen-bond donors (Lipinski definition) is 2. The minimum absolute atomic E-state index is 0.161. The number of ether oxygens (including phenoxy) is 1. The van der Waals surface area contributed by atoms with Crippen LogP contribution in [0.4, 0.5) is 5.13 Å². The van der Waals surface area contributed by atoms with Crippen LogP contribution in [-0.2, 0) is 19.2 Å². The van der Waals surface area contributed by atoms with Gasteiger partial charge in [0.25, 0.3) is 5.91 Å². The number of nitrogen functional groups attached to an aromatic ring is 1. The fourth-order valence-electron chi connectivity index (χ4n) is 0.945. The average molecular weight is 272 g/mol. The van der Waals surface area contributed by atoms with Crippen LogP contribution in [0.15, 0.2) is 10.5 Å². The zero-order valence-electron chi connectivity index (χ0n) is 9.58. The van der Waals surface area contributed by atoms with Gasteiger partial charge in [0.1, 0.15) is 5.69 Å². The highest BCUT2D eigenvalue weighted by molar-refractivity contribution is 7.13. The molecule has 0 saturated carbocycles. The molecule has 0 saturated heterocycles. The Morgan fingerprint density at radius 2 is 2.28 bits per heavy atom. The van der Waals surface area contributed by atoms with E-state index in [0.29, 0.717) is 0 Å². The number of amides is 1. The highest BCUT2D eigenvalue weighted by Gasteiger charge is 2.19. The molecule has 0 aliphatic carbocycles. The smallest absolute Gasteiger partial charge is 0.362 e. The molecule has 0 atom stereocenters. The lowest BCUT2D eigenvalue weighted by atomic mass is 10.3. The van der Waals surface area contributed by atoms with Gasteiger partial charge in [-0.3, -0.25) is 4.79 Å². The Morgan fingerprint density at radius 3 is 2.78 bits per heavy atom. The Hall–Kier alpha value is -2.16. The van der Waals surface area contributed by atoms with Crippen molar-refractivity contribution < 1.29 is 19.2 Å². The summed E-state index contributed by atoms with van der Waals surface area (Å²) in [6.45, 7) is 1.38. The lowest BCUT2D eigenvalue weighted by molar-refractivity contribution is -0.135. The number of primary amides is 1. The van der Waals surface area contributed by atoms with Gasteiger partial charge in [0.2, 0.25) is 5.71 Å². The van der Waals surface area contributed by atoms with E-state index in [-0.39, 0.29) is 23.1 Å². The molecule has 98 valence electrons. The number of carbonyl (C=O) groups excluding carboxylic acids is 2. The Bertz CT molecular complexity index is 471. The Balaban J connectivity index is 2.87. The lowest BCUT2D eigenvalue weighted by Gasteiger charge is -2.03. The molecule has 8 nitrogen and oxygen atoms in total. The Labute approximate surface area is 107 Å². The molecule has 0 aliphatic rings. The highest BCUT2D eigenvalue weighted by Crippen LogP contribution is 2.13. The topological polar surface area (TPSA) is 130 Å². The summed E-state index contributed by atoms with van der Waals surface area (Å²) in [6, 6.07) is 0. The third-order valence-electron chi connectivity index (χ3n) is 1.60. The monoisotopic (exact) mass is 272 g/mol. The zero-order chi connectivity index (χ0) is 13.5. The summed E-state index contributed by atoms with van der Waals surface area (Å²) in [6.07, 6.45) is 0. The fourth-order valence-corrected chi connectivity index (χ4v) is 1.49. The van der Waals surface area contributed by atoms with Gasteiger partial charge in [0, 0.05) is 5.38 Å². The number of rotatable bonds is 6. The maximum atomic E-state index is 11.6. The standard InChI is InChI=1S/C9H12N4O4S/c1-2-16-8(15)7(13-17-3-6(10)14)5-4-18-9(11)12-5/h4H,2-3H2,1H3,(H2,10,14)(H2,11,12)/b13-7-. The van der Waals surface area contributed by atoms with E-state index in [1.807, 2.05) is 0 Å². The molecule has 0 unspecified atom stereocenters. The molecule has 4 N–H and O–H groups in total. The van der Waals surface area contributed by atoms with E-state index in [4.69, 9.17) is 16.2 Å². The van der Waals surface area contributed by atoms with Crippen LogP contribution in [0.25, 0.3) is 0 Å². The zero-order valence-corrected chi connectivity index (χ0v) is 10.4. The minimum atomic E-state index is -0.715. The molecular weight excluding hydrogens is 260 g/mol. The van der Waals surface area contributed by atoms with Crippen molar-refractivity contribution in [3.05, 3.63) is 11.1 Å². The van der Waals surface area contributed by atoms with Crippen LogP contribution in [-0.4, -0.2) is 35.8 Å². The first-order valence-electron chi connectivity index (χ1n) is 4.91. The summed E-state index contributed by atoms with van der Waals surface area (Å²) in [7, 11) is 0. The summed E-state index contributed by atoms with van der Waals surface area (Å²) in [4.78, 5) is 30.6. The van der Waals surface area contributed by atoms with Gasteiger partial charge in [0.15, 0.2) is 11.7 Å². The number of thiazole rings is 1. The number of nitrogens with two attached hydrogens (primary N) is 2. The number of aromatic nitrogens is 1. The lowest BCUT2D eigenvalue weighted by Crippen LogP contribution is -2.22. The van der Waals surface area contributed by atoms with Gasteiger partial charge in [-0.1, -0.05) is 5.16 Å². The molecule has 0 aliphatic heterocycles. The van der Waals surface area contributed by atoms with E-state index in [9.17, 15) is 9.59 Å². The highest BCUT2D eigenvalue weighted by atomic mass is 32.1. The first-order valence-corrected chi connectivity index (χ1v) is 5.79. The number of anilines is 1. The van der Waals surface area contributed by atoms with Gasteiger partial charge in [-0.05, 0) is 6.92 Å². The van der Waals surface area contributed by atoms with E-state index in [1.54, 1.807) is 6.92 Å². The van der Waals surface area contributed by atoms with Crippen LogP contribution in [0, 0.1) is 0 Å². The van der Waals surface area contributed by atoms with Crippen molar-refractivity contribution in [2.75, 3.05) is 18.9 Å². The fraction of sp³-hybridized carbons (Fsp3) is 0.333. The SMILES string of the molecule is CCOC(=O)/C(=N\OCC(N)=O)c1csc(N)n1. The van der Waals surface area contributed by atoms with E-state index in [2.05, 4.69) is 15.0 Å². The molecule has 0 aromatic carbocycles. The predicted octanol–water partition coefficient (Wildman–Crippen LogP) is -0.506. The Kier molecular flexibility index (Phi) is 5.06.